The molecule has 0 unspecified atom stereocenters. The zero-order valence-electron chi connectivity index (χ0n) is 10.4. The van der Waals surface area contributed by atoms with Crippen molar-refractivity contribution in [3.8, 4) is 5.75 Å². The average molecular weight is 257 g/mol. The van der Waals surface area contributed by atoms with Crippen LogP contribution in [0.4, 0.5) is 10.5 Å². The molecule has 1 N–H and O–H groups in total. The Hall–Kier alpha value is -2.33. The van der Waals surface area contributed by atoms with E-state index in [9.17, 15) is 4.79 Å². The molecule has 4 heteroatoms. The van der Waals surface area contributed by atoms with Crippen LogP contribution < -0.4 is 9.64 Å². The molecule has 2 aromatic carbocycles. The number of aliphatic hydroxyl groups excluding tert-OH is 1. The third-order valence-electron chi connectivity index (χ3n) is 2.56. The quantitative estimate of drug-likeness (QED) is 0.916. The minimum atomic E-state index is -0.508. The van der Waals surface area contributed by atoms with Gasteiger partial charge in [0, 0.05) is 5.69 Å². The van der Waals surface area contributed by atoms with Gasteiger partial charge < -0.3 is 9.84 Å². The second kappa shape index (κ2) is 6.56. The van der Waals surface area contributed by atoms with Gasteiger partial charge in [-0.2, -0.15) is 0 Å². The molecule has 0 spiro atoms. The van der Waals surface area contributed by atoms with Gasteiger partial charge in [-0.05, 0) is 24.3 Å². The van der Waals surface area contributed by atoms with Crippen LogP contribution in [0.25, 0.3) is 0 Å². The van der Waals surface area contributed by atoms with Crippen LogP contribution in [0.15, 0.2) is 60.7 Å². The van der Waals surface area contributed by atoms with Crippen molar-refractivity contribution in [3.05, 3.63) is 60.7 Å². The Labute approximate surface area is 111 Å². The maximum absolute atomic E-state index is 12.1. The predicted octanol–water partition coefficient (Wildman–Crippen LogP) is 2.68. The van der Waals surface area contributed by atoms with Gasteiger partial charge in [0.05, 0.1) is 13.2 Å². The summed E-state index contributed by atoms with van der Waals surface area (Å²) in [5.74, 6) is 0.478. The molecule has 0 saturated carbocycles. The van der Waals surface area contributed by atoms with Gasteiger partial charge in [-0.15, -0.1) is 0 Å². The van der Waals surface area contributed by atoms with Crippen LogP contribution in [0.3, 0.4) is 0 Å². The van der Waals surface area contributed by atoms with Crippen molar-refractivity contribution in [1.29, 1.82) is 0 Å². The number of ether oxygens (including phenoxy) is 1. The average Bonchev–Trinajstić information content (AvgIpc) is 2.46. The van der Waals surface area contributed by atoms with Crippen LogP contribution in [-0.4, -0.2) is 24.4 Å². The van der Waals surface area contributed by atoms with E-state index in [0.717, 1.165) is 0 Å². The van der Waals surface area contributed by atoms with Gasteiger partial charge in [-0.3, -0.25) is 4.90 Å². The van der Waals surface area contributed by atoms with Gasteiger partial charge in [0.2, 0.25) is 0 Å². The molecule has 98 valence electrons. The summed E-state index contributed by atoms with van der Waals surface area (Å²) in [5, 5.41) is 9.06. The summed E-state index contributed by atoms with van der Waals surface area (Å²) >= 11 is 0. The van der Waals surface area contributed by atoms with Crippen LogP contribution in [0.5, 0.6) is 5.75 Å². The summed E-state index contributed by atoms with van der Waals surface area (Å²) in [6.45, 7) is 0.0640. The number of carbonyl (C=O) groups excluding carboxylic acids is 1. The fourth-order valence-corrected chi connectivity index (χ4v) is 1.68. The van der Waals surface area contributed by atoms with Gasteiger partial charge in [-0.1, -0.05) is 36.4 Å². The number of rotatable bonds is 4. The van der Waals surface area contributed by atoms with Gasteiger partial charge in [0.15, 0.2) is 0 Å². The van der Waals surface area contributed by atoms with E-state index in [1.54, 1.807) is 36.4 Å². The van der Waals surface area contributed by atoms with E-state index in [2.05, 4.69) is 0 Å². The molecular weight excluding hydrogens is 242 g/mol. The molecule has 0 aliphatic heterocycles. The molecule has 0 aliphatic rings. The topological polar surface area (TPSA) is 49.8 Å². The van der Waals surface area contributed by atoms with Crippen molar-refractivity contribution in [1.82, 2.24) is 0 Å². The van der Waals surface area contributed by atoms with Crippen molar-refractivity contribution >= 4 is 11.8 Å². The predicted molar refractivity (Wildman–Crippen MR) is 73.3 cm³/mol. The van der Waals surface area contributed by atoms with Crippen LogP contribution in [0.1, 0.15) is 0 Å². The Kier molecular flexibility index (Phi) is 4.53. The first-order chi connectivity index (χ1) is 9.31. The second-order valence-electron chi connectivity index (χ2n) is 3.89. The molecule has 0 aliphatic carbocycles. The molecule has 2 aromatic rings. The molecule has 0 saturated heterocycles. The summed E-state index contributed by atoms with van der Waals surface area (Å²) < 4.78 is 5.26. The smallest absolute Gasteiger partial charge is 0.410 e. The molecule has 1 amide bonds. The third-order valence-corrected chi connectivity index (χ3v) is 2.56. The van der Waals surface area contributed by atoms with Crippen LogP contribution in [0, 0.1) is 0 Å². The highest BCUT2D eigenvalue weighted by Crippen LogP contribution is 2.16. The second-order valence-corrected chi connectivity index (χ2v) is 3.89. The fourth-order valence-electron chi connectivity index (χ4n) is 1.68. The minimum Gasteiger partial charge on any atom is -0.410 e. The Morgan fingerprint density at radius 1 is 1.00 bits per heavy atom. The Bertz CT molecular complexity index is 513. The largest absolute Gasteiger partial charge is 0.419 e. The number of nitrogens with zero attached hydrogens (tertiary/aromatic N) is 1. The first kappa shape index (κ1) is 13.1. The maximum atomic E-state index is 12.1. The molecule has 0 radical (unpaired) electrons. The molecule has 4 nitrogen and oxygen atoms in total. The maximum Gasteiger partial charge on any atom is 0.419 e. The normalized spacial score (nSPS) is 9.95. The molecular formula is C15H15NO3. The highest BCUT2D eigenvalue weighted by atomic mass is 16.6. The molecule has 0 fully saturated rings. The molecule has 19 heavy (non-hydrogen) atoms. The van der Waals surface area contributed by atoms with Crippen molar-refractivity contribution in [2.24, 2.45) is 0 Å². The number of carbonyl (C=O) groups is 1. The molecule has 0 bridgehead atoms. The summed E-state index contributed by atoms with van der Waals surface area (Å²) in [7, 11) is 0. The minimum absolute atomic E-state index is 0.126. The van der Waals surface area contributed by atoms with Gasteiger partial charge in [-0.25, -0.2) is 4.79 Å². The van der Waals surface area contributed by atoms with E-state index >= 15 is 0 Å². The van der Waals surface area contributed by atoms with Crippen molar-refractivity contribution in [3.63, 3.8) is 0 Å². The van der Waals surface area contributed by atoms with Crippen molar-refractivity contribution in [2.45, 2.75) is 0 Å². The summed E-state index contributed by atoms with van der Waals surface area (Å²) in [5.41, 5.74) is 0.692. The highest BCUT2D eigenvalue weighted by molar-refractivity contribution is 5.89. The first-order valence-corrected chi connectivity index (χ1v) is 6.01. The van der Waals surface area contributed by atoms with E-state index in [0.29, 0.717) is 11.4 Å². The SMILES string of the molecule is O=C(Oc1ccccc1)N(CCO)c1ccccc1. The van der Waals surface area contributed by atoms with E-state index in [4.69, 9.17) is 9.84 Å². The standard InChI is InChI=1S/C15H15NO3/c17-12-11-16(13-7-3-1-4-8-13)15(18)19-14-9-5-2-6-10-14/h1-10,17H,11-12H2. The molecule has 2 rings (SSSR count). The zero-order valence-corrected chi connectivity index (χ0v) is 10.4. The van der Waals surface area contributed by atoms with Crippen molar-refractivity contribution < 1.29 is 14.6 Å². The summed E-state index contributed by atoms with van der Waals surface area (Å²) in [6.07, 6.45) is -0.508. The Morgan fingerprint density at radius 3 is 2.16 bits per heavy atom. The molecule has 0 heterocycles. The summed E-state index contributed by atoms with van der Waals surface area (Å²) in [4.78, 5) is 13.5. The third kappa shape index (κ3) is 3.56. The molecule has 0 atom stereocenters. The number of anilines is 1. The van der Waals surface area contributed by atoms with Crippen LogP contribution in [-0.2, 0) is 0 Å². The lowest BCUT2D eigenvalue weighted by Crippen LogP contribution is -2.35. The fraction of sp³-hybridized carbons (Fsp3) is 0.133. The number of amides is 1. The van der Waals surface area contributed by atoms with E-state index in [1.165, 1.54) is 4.90 Å². The summed E-state index contributed by atoms with van der Waals surface area (Å²) in [6, 6.07) is 18.0. The Morgan fingerprint density at radius 2 is 1.58 bits per heavy atom. The van der Waals surface area contributed by atoms with Crippen LogP contribution >= 0.6 is 0 Å². The number of para-hydroxylation sites is 2. The number of hydrogen-bond acceptors (Lipinski definition) is 3. The van der Waals surface area contributed by atoms with Gasteiger partial charge in [0.1, 0.15) is 5.75 Å². The lowest BCUT2D eigenvalue weighted by atomic mass is 10.3. The van der Waals surface area contributed by atoms with E-state index < -0.39 is 6.09 Å². The zero-order chi connectivity index (χ0) is 13.5. The Balaban J connectivity index is 2.13. The number of benzene rings is 2. The monoisotopic (exact) mass is 257 g/mol. The number of aliphatic hydroxyl groups is 1. The van der Waals surface area contributed by atoms with Crippen molar-refractivity contribution in [2.75, 3.05) is 18.1 Å². The lowest BCUT2D eigenvalue weighted by molar-refractivity contribution is 0.204. The van der Waals surface area contributed by atoms with E-state index in [1.807, 2.05) is 24.3 Å². The van der Waals surface area contributed by atoms with Crippen LogP contribution in [0.2, 0.25) is 0 Å². The number of hydrogen-bond donors (Lipinski definition) is 1. The first-order valence-electron chi connectivity index (χ1n) is 6.01. The van der Waals surface area contributed by atoms with Gasteiger partial charge >= 0.3 is 6.09 Å². The molecule has 0 aromatic heterocycles. The highest BCUT2D eigenvalue weighted by Gasteiger charge is 2.17. The lowest BCUT2D eigenvalue weighted by Gasteiger charge is -2.21. The van der Waals surface area contributed by atoms with E-state index in [-0.39, 0.29) is 13.2 Å². The van der Waals surface area contributed by atoms with Gasteiger partial charge in [0.25, 0.3) is 0 Å².